The molecule has 1 saturated heterocycles. The van der Waals surface area contributed by atoms with Crippen LogP contribution in [-0.4, -0.2) is 46.6 Å². The lowest BCUT2D eigenvalue weighted by atomic mass is 10.1. The maximum atomic E-state index is 12.6. The highest BCUT2D eigenvalue weighted by atomic mass is 35.5. The summed E-state index contributed by atoms with van der Waals surface area (Å²) in [6.07, 6.45) is 3.31. The zero-order chi connectivity index (χ0) is 19.4. The van der Waals surface area contributed by atoms with E-state index in [0.29, 0.717) is 24.5 Å². The first-order chi connectivity index (χ1) is 13.0. The molecule has 2 heterocycles. The Balaban J connectivity index is 1.69. The van der Waals surface area contributed by atoms with Crippen molar-refractivity contribution in [2.75, 3.05) is 25.1 Å². The summed E-state index contributed by atoms with van der Waals surface area (Å²) in [5.74, 6) is -1.15. The SMILES string of the molecule is Cc1c(C(=O)Nc2ccc(OCC(=O)O)c(Cl)c2)cnn1C1CCOCC1. The van der Waals surface area contributed by atoms with Crippen molar-refractivity contribution in [2.24, 2.45) is 0 Å². The van der Waals surface area contributed by atoms with E-state index in [0.717, 1.165) is 18.5 Å². The summed E-state index contributed by atoms with van der Waals surface area (Å²) in [7, 11) is 0. The molecular weight excluding hydrogens is 374 g/mol. The van der Waals surface area contributed by atoms with Crippen molar-refractivity contribution in [3.8, 4) is 5.75 Å². The molecule has 0 aliphatic carbocycles. The Morgan fingerprint density at radius 2 is 2.15 bits per heavy atom. The van der Waals surface area contributed by atoms with Crippen LogP contribution in [-0.2, 0) is 9.53 Å². The number of carbonyl (C=O) groups is 2. The van der Waals surface area contributed by atoms with Crippen LogP contribution < -0.4 is 10.1 Å². The van der Waals surface area contributed by atoms with Gasteiger partial charge in [-0.3, -0.25) is 9.48 Å². The molecule has 9 heteroatoms. The number of halogens is 1. The first kappa shape index (κ1) is 19.2. The van der Waals surface area contributed by atoms with E-state index in [-0.39, 0.29) is 22.7 Å². The predicted molar refractivity (Wildman–Crippen MR) is 98.6 cm³/mol. The summed E-state index contributed by atoms with van der Waals surface area (Å²) in [5.41, 5.74) is 1.77. The van der Waals surface area contributed by atoms with Crippen molar-refractivity contribution >= 4 is 29.2 Å². The van der Waals surface area contributed by atoms with Gasteiger partial charge in [0.2, 0.25) is 0 Å². The van der Waals surface area contributed by atoms with Gasteiger partial charge in [-0.2, -0.15) is 5.10 Å². The van der Waals surface area contributed by atoms with Crippen LogP contribution in [0.2, 0.25) is 5.02 Å². The molecule has 3 rings (SSSR count). The summed E-state index contributed by atoms with van der Waals surface area (Å²) in [4.78, 5) is 23.2. The Morgan fingerprint density at radius 3 is 2.81 bits per heavy atom. The van der Waals surface area contributed by atoms with Crippen LogP contribution in [0.4, 0.5) is 5.69 Å². The lowest BCUT2D eigenvalue weighted by molar-refractivity contribution is -0.139. The minimum Gasteiger partial charge on any atom is -0.480 e. The summed E-state index contributed by atoms with van der Waals surface area (Å²) in [5, 5.41) is 16.0. The number of benzene rings is 1. The van der Waals surface area contributed by atoms with E-state index in [2.05, 4.69) is 10.4 Å². The minimum atomic E-state index is -1.10. The zero-order valence-electron chi connectivity index (χ0n) is 14.8. The number of carbonyl (C=O) groups excluding carboxylic acids is 1. The van der Waals surface area contributed by atoms with Gasteiger partial charge in [-0.1, -0.05) is 11.6 Å². The smallest absolute Gasteiger partial charge is 0.341 e. The Hall–Kier alpha value is -2.58. The first-order valence-electron chi connectivity index (χ1n) is 8.53. The van der Waals surface area contributed by atoms with E-state index in [1.807, 2.05) is 11.6 Å². The molecule has 8 nitrogen and oxygen atoms in total. The van der Waals surface area contributed by atoms with Gasteiger partial charge < -0.3 is 19.9 Å². The summed E-state index contributed by atoms with van der Waals surface area (Å²) in [6.45, 7) is 2.77. The molecule has 1 fully saturated rings. The molecule has 0 spiro atoms. The molecule has 1 amide bonds. The van der Waals surface area contributed by atoms with Gasteiger partial charge in [0.1, 0.15) is 5.75 Å². The molecule has 27 heavy (non-hydrogen) atoms. The number of hydrogen-bond donors (Lipinski definition) is 2. The van der Waals surface area contributed by atoms with E-state index < -0.39 is 12.6 Å². The highest BCUT2D eigenvalue weighted by Crippen LogP contribution is 2.28. The van der Waals surface area contributed by atoms with Crippen molar-refractivity contribution in [1.82, 2.24) is 9.78 Å². The number of nitrogens with zero attached hydrogens (tertiary/aromatic N) is 2. The molecule has 2 aromatic rings. The number of rotatable bonds is 6. The number of aromatic nitrogens is 2. The molecule has 1 aromatic heterocycles. The molecule has 2 N–H and O–H groups in total. The number of nitrogens with one attached hydrogen (secondary N) is 1. The predicted octanol–water partition coefficient (Wildman–Crippen LogP) is 2.91. The van der Waals surface area contributed by atoms with Crippen LogP contribution in [0.3, 0.4) is 0 Å². The lowest BCUT2D eigenvalue weighted by Crippen LogP contribution is -2.22. The van der Waals surface area contributed by atoms with E-state index in [1.165, 1.54) is 12.1 Å². The van der Waals surface area contributed by atoms with Crippen LogP contribution in [0.5, 0.6) is 5.75 Å². The third-order valence-electron chi connectivity index (χ3n) is 4.37. The van der Waals surface area contributed by atoms with Crippen LogP contribution in [0, 0.1) is 6.92 Å². The van der Waals surface area contributed by atoms with Gasteiger partial charge in [-0.15, -0.1) is 0 Å². The maximum absolute atomic E-state index is 12.6. The summed E-state index contributed by atoms with van der Waals surface area (Å²) >= 11 is 6.08. The second-order valence-corrected chi connectivity index (χ2v) is 6.62. The van der Waals surface area contributed by atoms with Crippen LogP contribution in [0.15, 0.2) is 24.4 Å². The van der Waals surface area contributed by atoms with E-state index in [9.17, 15) is 9.59 Å². The number of aliphatic carboxylic acids is 1. The van der Waals surface area contributed by atoms with Crippen molar-refractivity contribution in [3.05, 3.63) is 40.7 Å². The maximum Gasteiger partial charge on any atom is 0.341 e. The van der Waals surface area contributed by atoms with Crippen LogP contribution in [0.25, 0.3) is 0 Å². The summed E-state index contributed by atoms with van der Waals surface area (Å²) < 4.78 is 12.3. The number of carboxylic acids is 1. The molecule has 1 aliphatic rings. The molecule has 0 radical (unpaired) electrons. The number of amides is 1. The number of ether oxygens (including phenoxy) is 2. The Bertz CT molecular complexity index is 846. The van der Waals surface area contributed by atoms with Crippen molar-refractivity contribution in [3.63, 3.8) is 0 Å². The second kappa shape index (κ2) is 8.41. The van der Waals surface area contributed by atoms with Crippen molar-refractivity contribution in [2.45, 2.75) is 25.8 Å². The number of carboxylic acid groups (broad SMARTS) is 1. The highest BCUT2D eigenvalue weighted by molar-refractivity contribution is 6.32. The molecular formula is C18H20ClN3O5. The molecule has 1 aliphatic heterocycles. The first-order valence-corrected chi connectivity index (χ1v) is 8.91. The number of hydrogen-bond acceptors (Lipinski definition) is 5. The normalized spacial score (nSPS) is 14.7. The zero-order valence-corrected chi connectivity index (χ0v) is 15.5. The molecule has 0 atom stereocenters. The van der Waals surface area contributed by atoms with Crippen LogP contribution >= 0.6 is 11.6 Å². The Kier molecular flexibility index (Phi) is 5.98. The van der Waals surface area contributed by atoms with Gasteiger partial charge in [0, 0.05) is 24.6 Å². The third kappa shape index (κ3) is 4.58. The third-order valence-corrected chi connectivity index (χ3v) is 4.66. The van der Waals surface area contributed by atoms with Gasteiger partial charge >= 0.3 is 5.97 Å². The van der Waals surface area contributed by atoms with Gasteiger partial charge in [-0.05, 0) is 38.0 Å². The van der Waals surface area contributed by atoms with Crippen molar-refractivity contribution < 1.29 is 24.2 Å². The average molecular weight is 394 g/mol. The molecule has 0 bridgehead atoms. The molecule has 1 aromatic carbocycles. The van der Waals surface area contributed by atoms with Gasteiger partial charge in [0.25, 0.3) is 5.91 Å². The fourth-order valence-electron chi connectivity index (χ4n) is 2.98. The minimum absolute atomic E-state index is 0.212. The fourth-order valence-corrected chi connectivity index (χ4v) is 3.21. The van der Waals surface area contributed by atoms with Crippen molar-refractivity contribution in [1.29, 1.82) is 0 Å². The highest BCUT2D eigenvalue weighted by Gasteiger charge is 2.22. The largest absolute Gasteiger partial charge is 0.480 e. The quantitative estimate of drug-likeness (QED) is 0.782. The topological polar surface area (TPSA) is 103 Å². The Labute approximate surface area is 161 Å². The monoisotopic (exact) mass is 393 g/mol. The van der Waals surface area contributed by atoms with Gasteiger partial charge in [0.15, 0.2) is 6.61 Å². The standard InChI is InChI=1S/C18H20ClN3O5/c1-11-14(9-20-22(11)13-4-6-26-7-5-13)18(25)21-12-2-3-16(15(19)8-12)27-10-17(23)24/h2-3,8-9,13H,4-7,10H2,1H3,(H,21,25)(H,23,24). The number of anilines is 1. The van der Waals surface area contributed by atoms with E-state index in [1.54, 1.807) is 12.3 Å². The average Bonchev–Trinajstić information content (AvgIpc) is 3.03. The van der Waals surface area contributed by atoms with Crippen LogP contribution in [0.1, 0.15) is 34.9 Å². The molecule has 0 unspecified atom stereocenters. The second-order valence-electron chi connectivity index (χ2n) is 6.21. The van der Waals surface area contributed by atoms with Gasteiger partial charge in [0.05, 0.1) is 22.8 Å². The van der Waals surface area contributed by atoms with E-state index >= 15 is 0 Å². The molecule has 144 valence electrons. The van der Waals surface area contributed by atoms with Gasteiger partial charge in [-0.25, -0.2) is 4.79 Å². The fraction of sp³-hybridized carbons (Fsp3) is 0.389. The van der Waals surface area contributed by atoms with E-state index in [4.69, 9.17) is 26.2 Å². The lowest BCUT2D eigenvalue weighted by Gasteiger charge is -2.23. The molecule has 0 saturated carbocycles. The Morgan fingerprint density at radius 1 is 1.41 bits per heavy atom. The summed E-state index contributed by atoms with van der Waals surface area (Å²) in [6, 6.07) is 4.85.